The van der Waals surface area contributed by atoms with Crippen LogP contribution in [-0.2, 0) is 14.3 Å². The van der Waals surface area contributed by atoms with E-state index in [-0.39, 0.29) is 0 Å². The number of esters is 1. The van der Waals surface area contributed by atoms with E-state index in [2.05, 4.69) is 16.7 Å². The van der Waals surface area contributed by atoms with Crippen LogP contribution in [0.1, 0.15) is 58.1 Å². The Kier molecular flexibility index (Phi) is 7.02. The van der Waals surface area contributed by atoms with Crippen molar-refractivity contribution in [2.24, 2.45) is 0 Å². The highest BCUT2D eigenvalue weighted by molar-refractivity contribution is 6.32. The Morgan fingerprint density at radius 1 is 1.38 bits per heavy atom. The van der Waals surface area contributed by atoms with Crippen molar-refractivity contribution in [2.45, 2.75) is 71.1 Å². The van der Waals surface area contributed by atoms with Crippen LogP contribution in [0.4, 0.5) is 10.5 Å². The minimum Gasteiger partial charge on any atom is -0.460 e. The number of ether oxygens (including phenoxy) is 2. The van der Waals surface area contributed by atoms with E-state index in [1.54, 1.807) is 32.9 Å². The van der Waals surface area contributed by atoms with Crippen molar-refractivity contribution >= 4 is 29.4 Å². The number of nitriles is 1. The Labute approximate surface area is 176 Å². The van der Waals surface area contributed by atoms with Crippen LogP contribution in [0.3, 0.4) is 0 Å². The van der Waals surface area contributed by atoms with Crippen LogP contribution in [0, 0.1) is 18.3 Å². The molecular weight excluding hydrogens is 394 g/mol. The Morgan fingerprint density at radius 3 is 2.66 bits per heavy atom. The molecule has 29 heavy (non-hydrogen) atoms. The van der Waals surface area contributed by atoms with Gasteiger partial charge in [-0.1, -0.05) is 11.6 Å². The summed E-state index contributed by atoms with van der Waals surface area (Å²) in [5, 5.41) is 15.8. The normalized spacial score (nSPS) is 21.2. The fourth-order valence-corrected chi connectivity index (χ4v) is 3.73. The van der Waals surface area contributed by atoms with E-state index >= 15 is 0 Å². The predicted molar refractivity (Wildman–Crippen MR) is 111 cm³/mol. The Bertz CT molecular complexity index is 828. The maximum Gasteiger partial charge on any atom is 0.408 e. The molecule has 1 amide bonds. The number of anilines is 1. The van der Waals surface area contributed by atoms with Gasteiger partial charge in [0.05, 0.1) is 16.1 Å². The zero-order chi connectivity index (χ0) is 21.8. The number of carbonyl (C=O) groups is 2. The molecule has 0 heterocycles. The van der Waals surface area contributed by atoms with Crippen molar-refractivity contribution in [3.05, 3.63) is 28.3 Å². The Balaban J connectivity index is 2.27. The van der Waals surface area contributed by atoms with Gasteiger partial charge in [0, 0.05) is 19.2 Å². The number of hydrogen-bond donors (Lipinski definition) is 2. The average Bonchev–Trinajstić information content (AvgIpc) is 2.96. The van der Waals surface area contributed by atoms with Crippen molar-refractivity contribution in [3.63, 3.8) is 0 Å². The van der Waals surface area contributed by atoms with E-state index in [0.29, 0.717) is 30.0 Å². The van der Waals surface area contributed by atoms with Crippen LogP contribution >= 0.6 is 11.6 Å². The van der Waals surface area contributed by atoms with Gasteiger partial charge >= 0.3 is 12.1 Å². The predicted octanol–water partition coefficient (Wildman–Crippen LogP) is 4.31. The summed E-state index contributed by atoms with van der Waals surface area (Å²) in [6, 6.07) is 5.47. The van der Waals surface area contributed by atoms with Crippen molar-refractivity contribution in [1.82, 2.24) is 5.32 Å². The molecule has 1 aromatic carbocycles. The standard InChI is InChI=1S/C21H28ClN3O4/c1-13-16(9-8-15(11-23)18(13)22)24-12-21(25-19(27)29-20(3,4)5)10-6-7-17(21)28-14(2)26/h8-9,17,24H,6-7,10,12H2,1-5H3,(H,25,27)/t17-,21-/m1/s1. The average molecular weight is 422 g/mol. The lowest BCUT2D eigenvalue weighted by Crippen LogP contribution is -2.59. The van der Waals surface area contributed by atoms with Crippen LogP contribution < -0.4 is 10.6 Å². The summed E-state index contributed by atoms with van der Waals surface area (Å²) in [5.74, 6) is -0.398. The third kappa shape index (κ3) is 5.77. The van der Waals surface area contributed by atoms with E-state index in [0.717, 1.165) is 17.7 Å². The lowest BCUT2D eigenvalue weighted by Gasteiger charge is -2.37. The molecule has 0 aromatic heterocycles. The van der Waals surface area contributed by atoms with Gasteiger partial charge in [-0.15, -0.1) is 0 Å². The monoisotopic (exact) mass is 421 g/mol. The summed E-state index contributed by atoms with van der Waals surface area (Å²) in [6.45, 7) is 8.85. The second kappa shape index (κ2) is 8.91. The highest BCUT2D eigenvalue weighted by Gasteiger charge is 2.47. The molecule has 0 radical (unpaired) electrons. The van der Waals surface area contributed by atoms with Crippen LogP contribution in [-0.4, -0.2) is 35.9 Å². The van der Waals surface area contributed by atoms with E-state index in [4.69, 9.17) is 26.3 Å². The number of nitrogens with zero attached hydrogens (tertiary/aromatic N) is 1. The molecule has 0 unspecified atom stereocenters. The van der Waals surface area contributed by atoms with Crippen molar-refractivity contribution in [2.75, 3.05) is 11.9 Å². The number of nitrogens with one attached hydrogen (secondary N) is 2. The van der Waals surface area contributed by atoms with Gasteiger partial charge in [0.25, 0.3) is 0 Å². The summed E-state index contributed by atoms with van der Waals surface area (Å²) in [7, 11) is 0. The van der Waals surface area contributed by atoms with Gasteiger partial charge in [0.1, 0.15) is 17.8 Å². The summed E-state index contributed by atoms with van der Waals surface area (Å²) < 4.78 is 10.9. The minimum absolute atomic E-state index is 0.313. The summed E-state index contributed by atoms with van der Waals surface area (Å²) in [5.41, 5.74) is 0.412. The first-order chi connectivity index (χ1) is 13.5. The molecule has 0 spiro atoms. The van der Waals surface area contributed by atoms with Crippen LogP contribution in [0.15, 0.2) is 12.1 Å². The summed E-state index contributed by atoms with van der Waals surface area (Å²) in [6.07, 6.45) is 1.02. The van der Waals surface area contributed by atoms with Gasteiger partial charge in [-0.05, 0) is 64.7 Å². The van der Waals surface area contributed by atoms with Gasteiger partial charge in [-0.2, -0.15) is 5.26 Å². The molecule has 0 bridgehead atoms. The topological polar surface area (TPSA) is 100 Å². The number of halogens is 1. The fraction of sp³-hybridized carbons (Fsp3) is 0.571. The largest absolute Gasteiger partial charge is 0.460 e. The van der Waals surface area contributed by atoms with Gasteiger partial charge < -0.3 is 20.1 Å². The van der Waals surface area contributed by atoms with E-state index in [1.807, 2.05) is 6.92 Å². The quantitative estimate of drug-likeness (QED) is 0.687. The third-order valence-electron chi connectivity index (χ3n) is 4.86. The highest BCUT2D eigenvalue weighted by Crippen LogP contribution is 2.35. The molecule has 0 saturated heterocycles. The number of rotatable bonds is 5. The SMILES string of the molecule is CC(=O)O[C@@H]1CCC[C@]1(CNc1ccc(C#N)c(Cl)c1C)NC(=O)OC(C)(C)C. The highest BCUT2D eigenvalue weighted by atomic mass is 35.5. The molecule has 1 aliphatic carbocycles. The Morgan fingerprint density at radius 2 is 2.07 bits per heavy atom. The molecule has 7 nitrogen and oxygen atoms in total. The first-order valence-corrected chi connectivity index (χ1v) is 9.97. The minimum atomic E-state index is -0.819. The third-order valence-corrected chi connectivity index (χ3v) is 5.35. The molecule has 2 N–H and O–H groups in total. The lowest BCUT2D eigenvalue weighted by atomic mass is 9.94. The zero-order valence-electron chi connectivity index (χ0n) is 17.5. The van der Waals surface area contributed by atoms with Crippen LogP contribution in [0.25, 0.3) is 0 Å². The Hall–Kier alpha value is -2.46. The van der Waals surface area contributed by atoms with Gasteiger partial charge in [-0.25, -0.2) is 4.79 Å². The molecule has 158 valence electrons. The molecule has 1 aromatic rings. The smallest absolute Gasteiger partial charge is 0.408 e. The van der Waals surface area contributed by atoms with Gasteiger partial charge in [-0.3, -0.25) is 4.79 Å². The molecule has 8 heteroatoms. The molecule has 0 aliphatic heterocycles. The number of benzene rings is 1. The molecule has 1 saturated carbocycles. The molecule has 1 fully saturated rings. The first-order valence-electron chi connectivity index (χ1n) is 9.59. The van der Waals surface area contributed by atoms with E-state index < -0.39 is 29.3 Å². The maximum atomic E-state index is 12.5. The van der Waals surface area contributed by atoms with E-state index in [9.17, 15) is 9.59 Å². The lowest BCUT2D eigenvalue weighted by molar-refractivity contribution is -0.149. The van der Waals surface area contributed by atoms with Crippen molar-refractivity contribution < 1.29 is 19.1 Å². The number of amides is 1. The van der Waals surface area contributed by atoms with Gasteiger partial charge in [0.2, 0.25) is 0 Å². The number of carbonyl (C=O) groups excluding carboxylic acids is 2. The van der Waals surface area contributed by atoms with Crippen LogP contribution in [0.5, 0.6) is 0 Å². The second-order valence-corrected chi connectivity index (χ2v) is 8.72. The molecule has 1 aliphatic rings. The fourth-order valence-electron chi connectivity index (χ4n) is 3.52. The van der Waals surface area contributed by atoms with Crippen molar-refractivity contribution in [1.29, 1.82) is 5.26 Å². The zero-order valence-corrected chi connectivity index (χ0v) is 18.3. The van der Waals surface area contributed by atoms with E-state index in [1.165, 1.54) is 6.92 Å². The second-order valence-electron chi connectivity index (χ2n) is 8.34. The van der Waals surface area contributed by atoms with Crippen molar-refractivity contribution in [3.8, 4) is 6.07 Å². The van der Waals surface area contributed by atoms with Gasteiger partial charge in [0.15, 0.2) is 0 Å². The molecule has 2 atom stereocenters. The van der Waals surface area contributed by atoms with Crippen LogP contribution in [0.2, 0.25) is 5.02 Å². The number of alkyl carbamates (subject to hydrolysis) is 1. The molecular formula is C21H28ClN3O4. The first kappa shape index (κ1) is 22.8. The molecule has 2 rings (SSSR count). The number of hydrogen-bond acceptors (Lipinski definition) is 6. The summed E-state index contributed by atoms with van der Waals surface area (Å²) in [4.78, 5) is 24.1. The maximum absolute atomic E-state index is 12.5. The summed E-state index contributed by atoms with van der Waals surface area (Å²) >= 11 is 6.26.